The first kappa shape index (κ1) is 10.9. The second-order valence-electron chi connectivity index (χ2n) is 3.95. The van der Waals surface area contributed by atoms with Gasteiger partial charge in [-0.3, -0.25) is 0 Å². The number of hydrogen-bond donors (Lipinski definition) is 1. The minimum atomic E-state index is 0.756. The van der Waals surface area contributed by atoms with Crippen molar-refractivity contribution in [1.29, 1.82) is 0 Å². The van der Waals surface area contributed by atoms with Crippen LogP contribution in [0, 0.1) is 0 Å². The molecule has 16 heavy (non-hydrogen) atoms. The van der Waals surface area contributed by atoms with E-state index in [0.29, 0.717) is 0 Å². The molecule has 0 bridgehead atoms. The summed E-state index contributed by atoms with van der Waals surface area (Å²) in [5.74, 6) is 0. The monoisotopic (exact) mass is 215 g/mol. The fourth-order valence-electron chi connectivity index (χ4n) is 1.78. The highest BCUT2D eigenvalue weighted by Gasteiger charge is 1.97. The molecule has 1 aromatic carbocycles. The van der Waals surface area contributed by atoms with E-state index in [-0.39, 0.29) is 0 Å². The summed E-state index contributed by atoms with van der Waals surface area (Å²) in [5.41, 5.74) is 8.19. The van der Waals surface area contributed by atoms with Crippen molar-refractivity contribution in [3.8, 4) is 0 Å². The van der Waals surface area contributed by atoms with Gasteiger partial charge in [0.2, 0.25) is 0 Å². The molecule has 2 N–H and O–H groups in total. The topological polar surface area (TPSA) is 43.8 Å². The molecule has 0 aliphatic rings. The fourth-order valence-corrected chi connectivity index (χ4v) is 1.78. The maximum absolute atomic E-state index is 5.51. The molecule has 84 valence electrons. The van der Waals surface area contributed by atoms with Crippen LogP contribution in [0.15, 0.2) is 43.0 Å². The lowest BCUT2D eigenvalue weighted by Crippen LogP contribution is -2.01. The molecule has 2 aromatic rings. The third-order valence-electron chi connectivity index (χ3n) is 2.59. The van der Waals surface area contributed by atoms with Crippen molar-refractivity contribution in [3.05, 3.63) is 54.1 Å². The molecule has 0 amide bonds. The van der Waals surface area contributed by atoms with Gasteiger partial charge in [0.05, 0.1) is 6.33 Å². The van der Waals surface area contributed by atoms with Gasteiger partial charge in [-0.15, -0.1) is 0 Å². The molecule has 0 atom stereocenters. The number of benzene rings is 1. The molecule has 0 saturated heterocycles. The first-order chi connectivity index (χ1) is 7.88. The van der Waals surface area contributed by atoms with Crippen molar-refractivity contribution in [3.63, 3.8) is 0 Å². The minimum Gasteiger partial charge on any atom is -0.333 e. The molecular weight excluding hydrogens is 198 g/mol. The lowest BCUT2D eigenvalue weighted by Gasteiger charge is -2.05. The summed E-state index contributed by atoms with van der Waals surface area (Å²) in [6.45, 7) is 1.64. The molecule has 1 heterocycles. The SMILES string of the molecule is NCCCc1cccc(Cn2ccnc2)c1. The highest BCUT2D eigenvalue weighted by Crippen LogP contribution is 2.08. The van der Waals surface area contributed by atoms with Gasteiger partial charge in [-0.1, -0.05) is 24.3 Å². The van der Waals surface area contributed by atoms with E-state index < -0.39 is 0 Å². The van der Waals surface area contributed by atoms with Crippen molar-refractivity contribution in [2.24, 2.45) is 5.73 Å². The summed E-state index contributed by atoms with van der Waals surface area (Å²) >= 11 is 0. The molecule has 0 saturated carbocycles. The van der Waals surface area contributed by atoms with E-state index in [1.165, 1.54) is 11.1 Å². The maximum atomic E-state index is 5.51. The second-order valence-corrected chi connectivity index (χ2v) is 3.95. The van der Waals surface area contributed by atoms with Gasteiger partial charge in [-0.2, -0.15) is 0 Å². The third kappa shape index (κ3) is 2.94. The average Bonchev–Trinajstić information content (AvgIpc) is 2.80. The van der Waals surface area contributed by atoms with Crippen LogP contribution in [-0.4, -0.2) is 16.1 Å². The Morgan fingerprint density at radius 3 is 2.88 bits per heavy atom. The molecule has 0 spiro atoms. The molecule has 0 unspecified atom stereocenters. The van der Waals surface area contributed by atoms with Crippen molar-refractivity contribution in [2.45, 2.75) is 19.4 Å². The van der Waals surface area contributed by atoms with Gasteiger partial charge < -0.3 is 10.3 Å². The van der Waals surface area contributed by atoms with Crippen LogP contribution in [0.25, 0.3) is 0 Å². The molecule has 0 aliphatic heterocycles. The van der Waals surface area contributed by atoms with E-state index in [1.807, 2.05) is 12.5 Å². The summed E-state index contributed by atoms with van der Waals surface area (Å²) in [4.78, 5) is 4.04. The van der Waals surface area contributed by atoms with E-state index in [4.69, 9.17) is 5.73 Å². The van der Waals surface area contributed by atoms with Crippen LogP contribution >= 0.6 is 0 Å². The highest BCUT2D eigenvalue weighted by atomic mass is 15.0. The molecule has 0 fully saturated rings. The van der Waals surface area contributed by atoms with Crippen molar-refractivity contribution in [1.82, 2.24) is 9.55 Å². The van der Waals surface area contributed by atoms with Gasteiger partial charge in [-0.05, 0) is 30.5 Å². The zero-order chi connectivity index (χ0) is 11.2. The third-order valence-corrected chi connectivity index (χ3v) is 2.59. The number of nitrogens with two attached hydrogens (primary N) is 1. The van der Waals surface area contributed by atoms with Gasteiger partial charge in [0, 0.05) is 18.9 Å². The summed E-state index contributed by atoms with van der Waals surface area (Å²) < 4.78 is 2.07. The van der Waals surface area contributed by atoms with Gasteiger partial charge in [-0.25, -0.2) is 4.98 Å². The number of hydrogen-bond acceptors (Lipinski definition) is 2. The predicted molar refractivity (Wildman–Crippen MR) is 65.1 cm³/mol. The van der Waals surface area contributed by atoms with Gasteiger partial charge in [0.25, 0.3) is 0 Å². The van der Waals surface area contributed by atoms with E-state index in [2.05, 4.69) is 33.8 Å². The predicted octanol–water partition coefficient (Wildman–Crippen LogP) is 1.82. The average molecular weight is 215 g/mol. The first-order valence-corrected chi connectivity index (χ1v) is 5.62. The lowest BCUT2D eigenvalue weighted by atomic mass is 10.1. The van der Waals surface area contributed by atoms with Crippen LogP contribution in [0.5, 0.6) is 0 Å². The van der Waals surface area contributed by atoms with Crippen LogP contribution in [0.3, 0.4) is 0 Å². The van der Waals surface area contributed by atoms with E-state index in [9.17, 15) is 0 Å². The number of imidazole rings is 1. The Labute approximate surface area is 95.9 Å². The van der Waals surface area contributed by atoms with Crippen LogP contribution in [0.1, 0.15) is 17.5 Å². The summed E-state index contributed by atoms with van der Waals surface area (Å²) in [7, 11) is 0. The zero-order valence-corrected chi connectivity index (χ0v) is 9.34. The molecule has 2 rings (SSSR count). The van der Waals surface area contributed by atoms with Gasteiger partial charge >= 0.3 is 0 Å². The normalized spacial score (nSPS) is 10.6. The number of aromatic nitrogens is 2. The Morgan fingerprint density at radius 1 is 1.25 bits per heavy atom. The standard InChI is InChI=1S/C13H17N3/c14-6-2-5-12-3-1-4-13(9-12)10-16-8-7-15-11-16/h1,3-4,7-9,11H,2,5-6,10,14H2. The second kappa shape index (κ2) is 5.47. The Kier molecular flexibility index (Phi) is 3.72. The Bertz CT molecular complexity index is 421. The minimum absolute atomic E-state index is 0.756. The fraction of sp³-hybridized carbons (Fsp3) is 0.308. The number of nitrogens with zero attached hydrogens (tertiary/aromatic N) is 2. The number of rotatable bonds is 5. The Balaban J connectivity index is 2.04. The highest BCUT2D eigenvalue weighted by molar-refractivity contribution is 5.23. The molecule has 1 aromatic heterocycles. The van der Waals surface area contributed by atoms with Gasteiger partial charge in [0.1, 0.15) is 0 Å². The lowest BCUT2D eigenvalue weighted by molar-refractivity contribution is 0.790. The maximum Gasteiger partial charge on any atom is 0.0949 e. The molecule has 0 radical (unpaired) electrons. The van der Waals surface area contributed by atoms with Crippen molar-refractivity contribution in [2.75, 3.05) is 6.54 Å². The quantitative estimate of drug-likeness (QED) is 0.826. The molecule has 3 heteroatoms. The smallest absolute Gasteiger partial charge is 0.0949 e. The molecule has 3 nitrogen and oxygen atoms in total. The van der Waals surface area contributed by atoms with E-state index in [0.717, 1.165) is 25.9 Å². The van der Waals surface area contributed by atoms with Crippen LogP contribution in [0.4, 0.5) is 0 Å². The Hall–Kier alpha value is -1.61. The van der Waals surface area contributed by atoms with Crippen LogP contribution in [0.2, 0.25) is 0 Å². The van der Waals surface area contributed by atoms with Crippen LogP contribution in [-0.2, 0) is 13.0 Å². The number of aryl methyl sites for hydroxylation is 1. The summed E-state index contributed by atoms with van der Waals surface area (Å²) in [6, 6.07) is 8.66. The zero-order valence-electron chi connectivity index (χ0n) is 9.34. The summed E-state index contributed by atoms with van der Waals surface area (Å²) in [5, 5.41) is 0. The first-order valence-electron chi connectivity index (χ1n) is 5.62. The van der Waals surface area contributed by atoms with E-state index in [1.54, 1.807) is 6.20 Å². The van der Waals surface area contributed by atoms with Crippen molar-refractivity contribution >= 4 is 0 Å². The largest absolute Gasteiger partial charge is 0.333 e. The van der Waals surface area contributed by atoms with Gasteiger partial charge in [0.15, 0.2) is 0 Å². The summed E-state index contributed by atoms with van der Waals surface area (Å²) in [6.07, 6.45) is 7.74. The molecule has 0 aliphatic carbocycles. The Morgan fingerprint density at radius 2 is 2.12 bits per heavy atom. The van der Waals surface area contributed by atoms with Crippen molar-refractivity contribution < 1.29 is 0 Å². The molecular formula is C13H17N3. The van der Waals surface area contributed by atoms with Crippen LogP contribution < -0.4 is 5.73 Å². The van der Waals surface area contributed by atoms with E-state index >= 15 is 0 Å².